The molecule has 1 aliphatic heterocycles. The van der Waals surface area contributed by atoms with Gasteiger partial charge in [-0.2, -0.15) is 0 Å². The second kappa shape index (κ2) is 6.75. The zero-order chi connectivity index (χ0) is 12.1. The van der Waals surface area contributed by atoms with E-state index in [1.165, 1.54) is 64.6 Å². The number of hydrogen-bond donors (Lipinski definition) is 1. The molecule has 2 aliphatic rings. The lowest BCUT2D eigenvalue weighted by atomic mass is 10.0. The van der Waals surface area contributed by atoms with E-state index in [9.17, 15) is 0 Å². The Labute approximate surface area is 107 Å². The number of nitrogens with zero attached hydrogens (tertiary/aromatic N) is 1. The van der Waals surface area contributed by atoms with Crippen LogP contribution < -0.4 is 5.32 Å². The Morgan fingerprint density at radius 3 is 2.59 bits per heavy atom. The molecule has 1 heterocycles. The molecule has 0 bridgehead atoms. The highest BCUT2D eigenvalue weighted by Crippen LogP contribution is 2.36. The third-order valence-electron chi connectivity index (χ3n) is 4.50. The summed E-state index contributed by atoms with van der Waals surface area (Å²) in [5.41, 5.74) is 0. The van der Waals surface area contributed by atoms with Crippen molar-refractivity contribution in [3.05, 3.63) is 0 Å². The summed E-state index contributed by atoms with van der Waals surface area (Å²) in [5.74, 6) is 1.02. The van der Waals surface area contributed by atoms with Gasteiger partial charge in [0.2, 0.25) is 0 Å². The summed E-state index contributed by atoms with van der Waals surface area (Å²) < 4.78 is 0. The Morgan fingerprint density at radius 2 is 1.94 bits per heavy atom. The number of unbranched alkanes of at least 4 members (excludes halogenated alkanes) is 3. The minimum Gasteiger partial charge on any atom is -0.311 e. The molecule has 2 fully saturated rings. The molecule has 2 heteroatoms. The van der Waals surface area contributed by atoms with Crippen LogP contribution in [0.25, 0.3) is 0 Å². The SMILES string of the molecule is CCCCCCN1CC(CC)NCC1C1CC1. The van der Waals surface area contributed by atoms with Gasteiger partial charge < -0.3 is 5.32 Å². The second-order valence-corrected chi connectivity index (χ2v) is 5.97. The van der Waals surface area contributed by atoms with Crippen LogP contribution in [0.15, 0.2) is 0 Å². The van der Waals surface area contributed by atoms with Gasteiger partial charge in [0.05, 0.1) is 0 Å². The van der Waals surface area contributed by atoms with Gasteiger partial charge in [0.15, 0.2) is 0 Å². The normalized spacial score (nSPS) is 30.7. The summed E-state index contributed by atoms with van der Waals surface area (Å²) in [6.45, 7) is 8.50. The molecule has 100 valence electrons. The van der Waals surface area contributed by atoms with Crippen molar-refractivity contribution in [3.63, 3.8) is 0 Å². The van der Waals surface area contributed by atoms with Gasteiger partial charge in [-0.15, -0.1) is 0 Å². The first kappa shape index (κ1) is 13.4. The van der Waals surface area contributed by atoms with Crippen molar-refractivity contribution < 1.29 is 0 Å². The van der Waals surface area contributed by atoms with Gasteiger partial charge in [0.25, 0.3) is 0 Å². The molecule has 0 radical (unpaired) electrons. The minimum atomic E-state index is 0.746. The Hall–Kier alpha value is -0.0800. The van der Waals surface area contributed by atoms with Crippen LogP contribution >= 0.6 is 0 Å². The molecule has 0 aromatic heterocycles. The molecule has 2 rings (SSSR count). The van der Waals surface area contributed by atoms with Crippen LogP contribution in [0.2, 0.25) is 0 Å². The molecule has 0 spiro atoms. The van der Waals surface area contributed by atoms with E-state index in [1.54, 1.807) is 0 Å². The van der Waals surface area contributed by atoms with Crippen LogP contribution in [0.1, 0.15) is 58.8 Å². The lowest BCUT2D eigenvalue weighted by Crippen LogP contribution is -2.57. The summed E-state index contributed by atoms with van der Waals surface area (Å²) in [6, 6.07) is 1.61. The van der Waals surface area contributed by atoms with E-state index in [0.29, 0.717) is 0 Å². The molecular formula is C15H30N2. The maximum Gasteiger partial charge on any atom is 0.0249 e. The molecule has 0 aromatic rings. The maximum atomic E-state index is 3.73. The van der Waals surface area contributed by atoms with E-state index in [4.69, 9.17) is 0 Å². The van der Waals surface area contributed by atoms with Crippen LogP contribution in [0, 0.1) is 5.92 Å². The Kier molecular flexibility index (Phi) is 5.30. The fraction of sp³-hybridized carbons (Fsp3) is 1.00. The van der Waals surface area contributed by atoms with Gasteiger partial charge >= 0.3 is 0 Å². The smallest absolute Gasteiger partial charge is 0.0249 e. The van der Waals surface area contributed by atoms with E-state index in [2.05, 4.69) is 24.1 Å². The van der Waals surface area contributed by atoms with Crippen molar-refractivity contribution in [1.82, 2.24) is 10.2 Å². The van der Waals surface area contributed by atoms with Crippen molar-refractivity contribution >= 4 is 0 Å². The van der Waals surface area contributed by atoms with E-state index in [-0.39, 0.29) is 0 Å². The van der Waals surface area contributed by atoms with Crippen LogP contribution in [0.3, 0.4) is 0 Å². The van der Waals surface area contributed by atoms with Crippen molar-refractivity contribution in [2.24, 2.45) is 5.92 Å². The zero-order valence-corrected chi connectivity index (χ0v) is 11.8. The van der Waals surface area contributed by atoms with E-state index < -0.39 is 0 Å². The molecule has 1 aliphatic carbocycles. The fourth-order valence-corrected chi connectivity index (χ4v) is 3.12. The third kappa shape index (κ3) is 3.96. The Morgan fingerprint density at radius 1 is 1.12 bits per heavy atom. The first-order valence-electron chi connectivity index (χ1n) is 7.82. The summed E-state index contributed by atoms with van der Waals surface area (Å²) in [5, 5.41) is 3.73. The van der Waals surface area contributed by atoms with Gasteiger partial charge in [0, 0.05) is 25.2 Å². The standard InChI is InChI=1S/C15H30N2/c1-3-5-6-7-10-17-12-14(4-2)16-11-15(17)13-8-9-13/h13-16H,3-12H2,1-2H3. The number of nitrogens with one attached hydrogen (secondary N) is 1. The van der Waals surface area contributed by atoms with E-state index in [1.807, 2.05) is 0 Å². The molecule has 17 heavy (non-hydrogen) atoms. The third-order valence-corrected chi connectivity index (χ3v) is 4.50. The minimum absolute atomic E-state index is 0.746. The largest absolute Gasteiger partial charge is 0.311 e. The monoisotopic (exact) mass is 238 g/mol. The average molecular weight is 238 g/mol. The number of rotatable bonds is 7. The number of piperazine rings is 1. The predicted molar refractivity (Wildman–Crippen MR) is 74.3 cm³/mol. The van der Waals surface area contributed by atoms with Gasteiger partial charge in [-0.05, 0) is 38.1 Å². The molecule has 0 amide bonds. The molecule has 1 saturated carbocycles. The maximum absolute atomic E-state index is 3.73. The molecule has 0 aromatic carbocycles. The zero-order valence-electron chi connectivity index (χ0n) is 11.8. The average Bonchev–Trinajstić information content (AvgIpc) is 3.18. The molecule has 2 nitrogen and oxygen atoms in total. The lowest BCUT2D eigenvalue weighted by molar-refractivity contribution is 0.111. The number of hydrogen-bond acceptors (Lipinski definition) is 2. The van der Waals surface area contributed by atoms with Gasteiger partial charge in [-0.25, -0.2) is 0 Å². The molecule has 2 atom stereocenters. The topological polar surface area (TPSA) is 15.3 Å². The Balaban J connectivity index is 1.76. The van der Waals surface area contributed by atoms with E-state index >= 15 is 0 Å². The predicted octanol–water partition coefficient (Wildman–Crippen LogP) is 3.03. The lowest BCUT2D eigenvalue weighted by Gasteiger charge is -2.40. The molecular weight excluding hydrogens is 208 g/mol. The first-order chi connectivity index (χ1) is 8.35. The molecule has 1 N–H and O–H groups in total. The summed E-state index contributed by atoms with van der Waals surface area (Å²) in [4.78, 5) is 2.80. The Bertz CT molecular complexity index is 213. The highest BCUT2D eigenvalue weighted by Gasteiger charge is 2.37. The van der Waals surface area contributed by atoms with Crippen LogP contribution in [0.4, 0.5) is 0 Å². The van der Waals surface area contributed by atoms with Crippen LogP contribution in [0.5, 0.6) is 0 Å². The first-order valence-corrected chi connectivity index (χ1v) is 7.82. The van der Waals surface area contributed by atoms with Gasteiger partial charge in [0.1, 0.15) is 0 Å². The van der Waals surface area contributed by atoms with Crippen molar-refractivity contribution in [2.45, 2.75) is 70.9 Å². The van der Waals surface area contributed by atoms with Crippen molar-refractivity contribution in [2.75, 3.05) is 19.6 Å². The second-order valence-electron chi connectivity index (χ2n) is 5.97. The van der Waals surface area contributed by atoms with Crippen molar-refractivity contribution in [1.29, 1.82) is 0 Å². The van der Waals surface area contributed by atoms with Crippen LogP contribution in [-0.2, 0) is 0 Å². The highest BCUT2D eigenvalue weighted by atomic mass is 15.2. The van der Waals surface area contributed by atoms with E-state index in [0.717, 1.165) is 18.0 Å². The quantitative estimate of drug-likeness (QED) is 0.686. The fourth-order valence-electron chi connectivity index (χ4n) is 3.12. The summed E-state index contributed by atoms with van der Waals surface area (Å²) in [7, 11) is 0. The van der Waals surface area contributed by atoms with Gasteiger partial charge in [-0.3, -0.25) is 4.90 Å². The van der Waals surface area contributed by atoms with Crippen molar-refractivity contribution in [3.8, 4) is 0 Å². The summed E-state index contributed by atoms with van der Waals surface area (Å²) in [6.07, 6.45) is 9.84. The highest BCUT2D eigenvalue weighted by molar-refractivity contribution is 4.94. The summed E-state index contributed by atoms with van der Waals surface area (Å²) >= 11 is 0. The van der Waals surface area contributed by atoms with Gasteiger partial charge in [-0.1, -0.05) is 33.1 Å². The molecule has 2 unspecified atom stereocenters. The van der Waals surface area contributed by atoms with Crippen LogP contribution in [-0.4, -0.2) is 36.6 Å². The molecule has 1 saturated heterocycles.